The van der Waals surface area contributed by atoms with Gasteiger partial charge in [0.15, 0.2) is 5.76 Å². The molecule has 46 heavy (non-hydrogen) atoms. The number of hydrogen-bond donors (Lipinski definition) is 3. The number of benzene rings is 3. The Kier molecular flexibility index (Phi) is 10.4. The first-order chi connectivity index (χ1) is 22.1. The van der Waals surface area contributed by atoms with Crippen LogP contribution in [0.5, 0.6) is 5.75 Å². The van der Waals surface area contributed by atoms with Crippen LogP contribution in [0.15, 0.2) is 77.3 Å². The molecule has 10 heteroatoms. The number of amides is 3. The van der Waals surface area contributed by atoms with E-state index in [0.717, 1.165) is 6.54 Å². The molecule has 1 aromatic heterocycles. The van der Waals surface area contributed by atoms with Crippen LogP contribution in [0.2, 0.25) is 0 Å². The number of aryl methyl sites for hydroxylation is 2. The predicted molar refractivity (Wildman–Crippen MR) is 179 cm³/mol. The molecule has 4 aromatic rings. The summed E-state index contributed by atoms with van der Waals surface area (Å²) in [5.41, 5.74) is 5.82. The number of rotatable bonds is 9. The Morgan fingerprint density at radius 3 is 2.46 bits per heavy atom. The highest BCUT2D eigenvalue weighted by Gasteiger charge is 2.31. The van der Waals surface area contributed by atoms with Crippen molar-refractivity contribution in [3.05, 3.63) is 95.4 Å². The molecule has 3 aromatic carbocycles. The van der Waals surface area contributed by atoms with Gasteiger partial charge in [-0.05, 0) is 62.7 Å². The lowest BCUT2D eigenvalue weighted by Gasteiger charge is -2.34. The van der Waals surface area contributed by atoms with Crippen LogP contribution in [0.25, 0.3) is 11.1 Å². The summed E-state index contributed by atoms with van der Waals surface area (Å²) in [6.07, 6.45) is -0.169. The molecule has 0 radical (unpaired) electrons. The Hall–Kier alpha value is -4.67. The fourth-order valence-electron chi connectivity index (χ4n) is 5.78. The zero-order valence-electron chi connectivity index (χ0n) is 27.1. The van der Waals surface area contributed by atoms with E-state index in [1.165, 1.54) is 16.7 Å². The number of aliphatic hydroxyl groups is 1. The molecule has 0 spiro atoms. The standard InChI is InChI=1S/C36H43N5O5/c1-23-19-41(24(2)22-42)34(43)18-30-17-31(37-36(44)38-35-25(3)39-46-26(35)4)15-16-32(30)45-33(23)21-40(5)20-27-11-13-29(14-12-27)28-9-7-6-8-10-28/h6-17,23-24,33,42H,18-22H2,1-5H3,(H2,37,38,44)/t23-,24+,33-/m1/s1. The van der Waals surface area contributed by atoms with Crippen molar-refractivity contribution in [3.63, 3.8) is 0 Å². The Labute approximate surface area is 270 Å². The van der Waals surface area contributed by atoms with E-state index >= 15 is 0 Å². The van der Waals surface area contributed by atoms with Gasteiger partial charge in [-0.15, -0.1) is 0 Å². The molecule has 242 valence electrons. The molecule has 5 rings (SSSR count). The second-order valence-electron chi connectivity index (χ2n) is 12.2. The van der Waals surface area contributed by atoms with Gasteiger partial charge in [-0.3, -0.25) is 9.69 Å². The van der Waals surface area contributed by atoms with Crippen molar-refractivity contribution >= 4 is 23.3 Å². The molecule has 0 fully saturated rings. The fourth-order valence-corrected chi connectivity index (χ4v) is 5.78. The fraction of sp³-hybridized carbons (Fsp3) is 0.361. The molecule has 2 heterocycles. The summed E-state index contributed by atoms with van der Waals surface area (Å²) in [5, 5.41) is 19.5. The third-order valence-electron chi connectivity index (χ3n) is 8.45. The number of nitrogens with one attached hydrogen (secondary N) is 2. The first-order valence-corrected chi connectivity index (χ1v) is 15.6. The zero-order valence-corrected chi connectivity index (χ0v) is 27.1. The summed E-state index contributed by atoms with van der Waals surface area (Å²) in [4.78, 5) is 30.3. The van der Waals surface area contributed by atoms with E-state index in [9.17, 15) is 14.7 Å². The number of nitrogens with zero attached hydrogens (tertiary/aromatic N) is 3. The van der Waals surface area contributed by atoms with Gasteiger partial charge in [0, 0.05) is 36.8 Å². The number of hydrogen-bond acceptors (Lipinski definition) is 7. The van der Waals surface area contributed by atoms with Crippen LogP contribution in [0.4, 0.5) is 16.2 Å². The Balaban J connectivity index is 1.33. The van der Waals surface area contributed by atoms with Crippen molar-refractivity contribution in [3.8, 4) is 16.9 Å². The monoisotopic (exact) mass is 625 g/mol. The summed E-state index contributed by atoms with van der Waals surface area (Å²) in [6.45, 7) is 9.06. The third kappa shape index (κ3) is 7.94. The van der Waals surface area contributed by atoms with Crippen LogP contribution in [-0.2, 0) is 17.8 Å². The van der Waals surface area contributed by atoms with Gasteiger partial charge >= 0.3 is 6.03 Å². The molecule has 0 saturated heterocycles. The van der Waals surface area contributed by atoms with E-state index in [4.69, 9.17) is 9.26 Å². The average Bonchev–Trinajstić information content (AvgIpc) is 3.38. The van der Waals surface area contributed by atoms with Crippen LogP contribution in [-0.4, -0.2) is 70.9 Å². The molecule has 0 bridgehead atoms. The van der Waals surface area contributed by atoms with E-state index < -0.39 is 6.03 Å². The molecule has 3 amide bonds. The lowest BCUT2D eigenvalue weighted by Crippen LogP contribution is -2.47. The van der Waals surface area contributed by atoms with E-state index in [0.29, 0.717) is 47.2 Å². The van der Waals surface area contributed by atoms with Gasteiger partial charge in [0.05, 0.1) is 19.1 Å². The summed E-state index contributed by atoms with van der Waals surface area (Å²) in [7, 11) is 2.07. The van der Waals surface area contributed by atoms with Gasteiger partial charge in [-0.25, -0.2) is 4.79 Å². The highest BCUT2D eigenvalue weighted by molar-refractivity contribution is 6.00. The normalized spacial score (nSPS) is 17.4. The predicted octanol–water partition coefficient (Wildman–Crippen LogP) is 5.88. The molecule has 0 aliphatic carbocycles. The minimum Gasteiger partial charge on any atom is -0.488 e. The number of urea groups is 1. The lowest BCUT2D eigenvalue weighted by molar-refractivity contribution is -0.134. The molecule has 10 nitrogen and oxygen atoms in total. The number of anilines is 2. The number of aliphatic hydroxyl groups excluding tert-OH is 1. The molecular weight excluding hydrogens is 582 g/mol. The van der Waals surface area contributed by atoms with Crippen LogP contribution >= 0.6 is 0 Å². The van der Waals surface area contributed by atoms with Crippen LogP contribution < -0.4 is 15.4 Å². The number of likely N-dealkylation sites (N-methyl/N-ethyl adjacent to an activating group) is 1. The van der Waals surface area contributed by atoms with Gasteiger partial charge in [0.2, 0.25) is 5.91 Å². The molecule has 1 aliphatic heterocycles. The molecule has 3 N–H and O–H groups in total. The molecule has 0 unspecified atom stereocenters. The smallest absolute Gasteiger partial charge is 0.323 e. The average molecular weight is 626 g/mol. The highest BCUT2D eigenvalue weighted by atomic mass is 16.5. The van der Waals surface area contributed by atoms with E-state index in [-0.39, 0.29) is 37.0 Å². The minimum absolute atomic E-state index is 0.0227. The molecule has 1 aliphatic rings. The van der Waals surface area contributed by atoms with Gasteiger partial charge in [-0.1, -0.05) is 66.7 Å². The summed E-state index contributed by atoms with van der Waals surface area (Å²) < 4.78 is 11.8. The van der Waals surface area contributed by atoms with Crippen molar-refractivity contribution in [1.82, 2.24) is 15.0 Å². The van der Waals surface area contributed by atoms with Crippen molar-refractivity contribution in [2.75, 3.05) is 37.4 Å². The van der Waals surface area contributed by atoms with E-state index in [1.807, 2.05) is 25.1 Å². The van der Waals surface area contributed by atoms with Gasteiger partial charge in [0.1, 0.15) is 23.2 Å². The van der Waals surface area contributed by atoms with Gasteiger partial charge in [-0.2, -0.15) is 0 Å². The van der Waals surface area contributed by atoms with Crippen molar-refractivity contribution in [1.29, 1.82) is 0 Å². The van der Waals surface area contributed by atoms with Gasteiger partial charge in [0.25, 0.3) is 0 Å². The molecule has 0 saturated carbocycles. The summed E-state index contributed by atoms with van der Waals surface area (Å²) >= 11 is 0. The summed E-state index contributed by atoms with van der Waals surface area (Å²) in [5.74, 6) is 0.975. The number of carbonyl (C=O) groups is 2. The van der Waals surface area contributed by atoms with Crippen molar-refractivity contribution in [2.45, 2.75) is 52.8 Å². The van der Waals surface area contributed by atoms with Crippen LogP contribution in [0, 0.1) is 19.8 Å². The molecule has 3 atom stereocenters. The SMILES string of the molecule is Cc1noc(C)c1NC(=O)Nc1ccc2c(c1)CC(=O)N([C@@H](C)CO)C[C@@H](C)[C@@H](CN(C)Cc1ccc(-c3ccccc3)cc1)O2. The van der Waals surface area contributed by atoms with Crippen LogP contribution in [0.3, 0.4) is 0 Å². The van der Waals surface area contributed by atoms with Crippen molar-refractivity contribution in [2.24, 2.45) is 5.92 Å². The number of ether oxygens (including phenoxy) is 1. The zero-order chi connectivity index (χ0) is 32.8. The Morgan fingerprint density at radius 2 is 1.78 bits per heavy atom. The summed E-state index contributed by atoms with van der Waals surface area (Å²) in [6, 6.07) is 23.5. The topological polar surface area (TPSA) is 120 Å². The molecular formula is C36H43N5O5. The quantitative estimate of drug-likeness (QED) is 0.212. The number of carbonyl (C=O) groups excluding carboxylic acids is 2. The maximum atomic E-state index is 13.6. The maximum Gasteiger partial charge on any atom is 0.323 e. The Morgan fingerprint density at radius 1 is 1.07 bits per heavy atom. The van der Waals surface area contributed by atoms with E-state index in [2.05, 4.69) is 71.1 Å². The third-order valence-corrected chi connectivity index (χ3v) is 8.45. The second kappa shape index (κ2) is 14.6. The first-order valence-electron chi connectivity index (χ1n) is 15.6. The largest absolute Gasteiger partial charge is 0.488 e. The van der Waals surface area contributed by atoms with Gasteiger partial charge < -0.3 is 29.9 Å². The van der Waals surface area contributed by atoms with Crippen molar-refractivity contribution < 1.29 is 24.0 Å². The second-order valence-corrected chi connectivity index (χ2v) is 12.2. The Bertz CT molecular complexity index is 1620. The number of fused-ring (bicyclic) bond motifs is 1. The minimum atomic E-state index is -0.454. The number of aromatic nitrogens is 1. The lowest BCUT2D eigenvalue weighted by atomic mass is 10.0. The van der Waals surface area contributed by atoms with E-state index in [1.54, 1.807) is 36.9 Å². The first kappa shape index (κ1) is 32.7. The van der Waals surface area contributed by atoms with Crippen LogP contribution in [0.1, 0.15) is 36.4 Å². The highest BCUT2D eigenvalue weighted by Crippen LogP contribution is 2.30. The maximum absolute atomic E-state index is 13.6.